The standard InChI is InChI=1S/C15H16BrNO/c1-10-3-4-11(2)12(7-10)8-15(18)14-6-5-13(16)9-17-14/h3-7,9,15,18H,8H2,1-2H3. The average molecular weight is 306 g/mol. The van der Waals surface area contributed by atoms with Gasteiger partial charge in [0, 0.05) is 17.1 Å². The van der Waals surface area contributed by atoms with Crippen molar-refractivity contribution >= 4 is 15.9 Å². The van der Waals surface area contributed by atoms with Crippen LogP contribution in [-0.4, -0.2) is 10.1 Å². The van der Waals surface area contributed by atoms with Crippen LogP contribution in [0.5, 0.6) is 0 Å². The summed E-state index contributed by atoms with van der Waals surface area (Å²) in [5.74, 6) is 0. The van der Waals surface area contributed by atoms with Gasteiger partial charge in [0.25, 0.3) is 0 Å². The lowest BCUT2D eigenvalue weighted by Gasteiger charge is -2.13. The van der Waals surface area contributed by atoms with E-state index in [0.717, 1.165) is 4.47 Å². The fourth-order valence-electron chi connectivity index (χ4n) is 1.92. The first kappa shape index (κ1) is 13.2. The molecule has 0 aliphatic carbocycles. The van der Waals surface area contributed by atoms with Crippen molar-refractivity contribution in [3.05, 3.63) is 63.4 Å². The van der Waals surface area contributed by atoms with Crippen LogP contribution in [0.4, 0.5) is 0 Å². The monoisotopic (exact) mass is 305 g/mol. The minimum absolute atomic E-state index is 0.557. The minimum atomic E-state index is -0.557. The SMILES string of the molecule is Cc1ccc(C)c(CC(O)c2ccc(Br)cn2)c1. The van der Waals surface area contributed by atoms with Crippen molar-refractivity contribution in [3.63, 3.8) is 0 Å². The summed E-state index contributed by atoms with van der Waals surface area (Å²) >= 11 is 3.34. The van der Waals surface area contributed by atoms with Crippen LogP contribution in [0.1, 0.15) is 28.5 Å². The maximum atomic E-state index is 10.2. The van der Waals surface area contributed by atoms with Gasteiger partial charge in [0.05, 0.1) is 11.8 Å². The van der Waals surface area contributed by atoms with Crippen molar-refractivity contribution in [1.82, 2.24) is 4.98 Å². The Morgan fingerprint density at radius 2 is 2.00 bits per heavy atom. The fraction of sp³-hybridized carbons (Fsp3) is 0.267. The molecule has 1 unspecified atom stereocenters. The molecular formula is C15H16BrNO. The summed E-state index contributed by atoms with van der Waals surface area (Å²) in [4.78, 5) is 4.23. The number of aromatic nitrogens is 1. The van der Waals surface area contributed by atoms with Gasteiger partial charge in [-0.25, -0.2) is 0 Å². The first-order chi connectivity index (χ1) is 8.56. The van der Waals surface area contributed by atoms with E-state index >= 15 is 0 Å². The molecule has 1 heterocycles. The number of hydrogen-bond acceptors (Lipinski definition) is 2. The number of aryl methyl sites for hydroxylation is 2. The molecule has 0 amide bonds. The van der Waals surface area contributed by atoms with Gasteiger partial charge in [0.2, 0.25) is 0 Å². The Balaban J connectivity index is 2.18. The van der Waals surface area contributed by atoms with Gasteiger partial charge < -0.3 is 5.11 Å². The number of hydrogen-bond donors (Lipinski definition) is 1. The molecule has 18 heavy (non-hydrogen) atoms. The number of nitrogens with zero attached hydrogens (tertiary/aromatic N) is 1. The van der Waals surface area contributed by atoms with Crippen LogP contribution in [0.15, 0.2) is 41.0 Å². The molecule has 3 heteroatoms. The van der Waals surface area contributed by atoms with E-state index in [1.165, 1.54) is 16.7 Å². The first-order valence-electron chi connectivity index (χ1n) is 5.92. The minimum Gasteiger partial charge on any atom is -0.386 e. The highest BCUT2D eigenvalue weighted by atomic mass is 79.9. The topological polar surface area (TPSA) is 33.1 Å². The second kappa shape index (κ2) is 5.63. The predicted molar refractivity (Wildman–Crippen MR) is 76.5 cm³/mol. The largest absolute Gasteiger partial charge is 0.386 e. The van der Waals surface area contributed by atoms with Gasteiger partial charge >= 0.3 is 0 Å². The van der Waals surface area contributed by atoms with Crippen LogP contribution in [0, 0.1) is 13.8 Å². The van der Waals surface area contributed by atoms with Gasteiger partial charge in [0.1, 0.15) is 0 Å². The number of aliphatic hydroxyl groups excluding tert-OH is 1. The highest BCUT2D eigenvalue weighted by Gasteiger charge is 2.11. The Labute approximate surface area is 116 Å². The molecular weight excluding hydrogens is 290 g/mol. The summed E-state index contributed by atoms with van der Waals surface area (Å²) in [5, 5.41) is 10.2. The predicted octanol–water partition coefficient (Wildman–Crippen LogP) is 3.74. The molecule has 0 aliphatic rings. The van der Waals surface area contributed by atoms with Gasteiger partial charge in [-0.1, -0.05) is 23.8 Å². The molecule has 0 spiro atoms. The van der Waals surface area contributed by atoms with Crippen LogP contribution in [0.25, 0.3) is 0 Å². The van der Waals surface area contributed by atoms with E-state index in [4.69, 9.17) is 0 Å². The maximum Gasteiger partial charge on any atom is 0.1000 e. The summed E-state index contributed by atoms with van der Waals surface area (Å²) < 4.78 is 0.921. The molecule has 0 radical (unpaired) electrons. The summed E-state index contributed by atoms with van der Waals surface area (Å²) in [5.41, 5.74) is 4.30. The van der Waals surface area contributed by atoms with Gasteiger partial charge in [-0.15, -0.1) is 0 Å². The maximum absolute atomic E-state index is 10.2. The van der Waals surface area contributed by atoms with Gasteiger partial charge in [0.15, 0.2) is 0 Å². The highest BCUT2D eigenvalue weighted by Crippen LogP contribution is 2.21. The van der Waals surface area contributed by atoms with E-state index in [9.17, 15) is 5.11 Å². The summed E-state index contributed by atoms with van der Waals surface area (Å²) in [6.07, 6.45) is 1.75. The number of benzene rings is 1. The Morgan fingerprint density at radius 1 is 1.22 bits per heavy atom. The van der Waals surface area contributed by atoms with E-state index in [2.05, 4.69) is 53.0 Å². The molecule has 0 fully saturated rings. The van der Waals surface area contributed by atoms with Gasteiger partial charge in [-0.2, -0.15) is 0 Å². The van der Waals surface area contributed by atoms with Crippen molar-refractivity contribution in [2.45, 2.75) is 26.4 Å². The third kappa shape index (κ3) is 3.18. The second-order valence-corrected chi connectivity index (χ2v) is 5.47. The zero-order chi connectivity index (χ0) is 13.1. The average Bonchev–Trinajstić information content (AvgIpc) is 2.34. The van der Waals surface area contributed by atoms with E-state index in [-0.39, 0.29) is 0 Å². The van der Waals surface area contributed by atoms with Crippen molar-refractivity contribution in [2.75, 3.05) is 0 Å². The van der Waals surface area contributed by atoms with Gasteiger partial charge in [-0.3, -0.25) is 4.98 Å². The third-order valence-electron chi connectivity index (χ3n) is 3.01. The van der Waals surface area contributed by atoms with E-state index in [0.29, 0.717) is 12.1 Å². The van der Waals surface area contributed by atoms with Crippen molar-refractivity contribution in [2.24, 2.45) is 0 Å². The second-order valence-electron chi connectivity index (χ2n) is 4.55. The fourth-order valence-corrected chi connectivity index (χ4v) is 2.15. The van der Waals surface area contributed by atoms with E-state index < -0.39 is 6.10 Å². The molecule has 0 bridgehead atoms. The van der Waals surface area contributed by atoms with Crippen LogP contribution in [0.2, 0.25) is 0 Å². The smallest absolute Gasteiger partial charge is 0.1000 e. The number of halogens is 1. The number of rotatable bonds is 3. The molecule has 1 aromatic carbocycles. The lowest BCUT2D eigenvalue weighted by atomic mass is 9.99. The lowest BCUT2D eigenvalue weighted by Crippen LogP contribution is -2.05. The zero-order valence-electron chi connectivity index (χ0n) is 10.5. The van der Waals surface area contributed by atoms with Crippen LogP contribution in [0.3, 0.4) is 0 Å². The molecule has 1 aromatic heterocycles. The van der Waals surface area contributed by atoms with E-state index in [1.54, 1.807) is 6.20 Å². The Morgan fingerprint density at radius 3 is 2.67 bits per heavy atom. The van der Waals surface area contributed by atoms with Crippen molar-refractivity contribution in [1.29, 1.82) is 0 Å². The third-order valence-corrected chi connectivity index (χ3v) is 3.48. The first-order valence-corrected chi connectivity index (χ1v) is 6.71. The molecule has 0 saturated carbocycles. The van der Waals surface area contributed by atoms with Crippen LogP contribution < -0.4 is 0 Å². The molecule has 1 N–H and O–H groups in total. The van der Waals surface area contributed by atoms with Crippen molar-refractivity contribution in [3.8, 4) is 0 Å². The van der Waals surface area contributed by atoms with Crippen LogP contribution in [-0.2, 0) is 6.42 Å². The van der Waals surface area contributed by atoms with E-state index in [1.807, 2.05) is 12.1 Å². The molecule has 2 rings (SSSR count). The van der Waals surface area contributed by atoms with Gasteiger partial charge in [-0.05, 0) is 53.0 Å². The van der Waals surface area contributed by atoms with Crippen molar-refractivity contribution < 1.29 is 5.11 Å². The lowest BCUT2D eigenvalue weighted by molar-refractivity contribution is 0.173. The molecule has 2 nitrogen and oxygen atoms in total. The summed E-state index contributed by atoms with van der Waals surface area (Å²) in [7, 11) is 0. The number of aliphatic hydroxyl groups is 1. The Kier molecular flexibility index (Phi) is 4.15. The Bertz CT molecular complexity index is 537. The quantitative estimate of drug-likeness (QED) is 0.937. The summed E-state index contributed by atoms with van der Waals surface area (Å²) in [6.45, 7) is 4.13. The molecule has 2 aromatic rings. The molecule has 1 atom stereocenters. The molecule has 94 valence electrons. The normalized spacial score (nSPS) is 12.4. The highest BCUT2D eigenvalue weighted by molar-refractivity contribution is 9.10. The molecule has 0 aliphatic heterocycles. The zero-order valence-corrected chi connectivity index (χ0v) is 12.1. The summed E-state index contributed by atoms with van der Waals surface area (Å²) in [6, 6.07) is 10.0. The number of pyridine rings is 1. The van der Waals surface area contributed by atoms with Crippen LogP contribution >= 0.6 is 15.9 Å². The Hall–Kier alpha value is -1.19. The molecule has 0 saturated heterocycles.